The largest absolute Gasteiger partial charge is 0.357 e. The van der Waals surface area contributed by atoms with Gasteiger partial charge in [-0.05, 0) is 38.0 Å². The highest BCUT2D eigenvalue weighted by atomic mass is 127. The second-order valence-electron chi connectivity index (χ2n) is 7.63. The van der Waals surface area contributed by atoms with Gasteiger partial charge in [-0.3, -0.25) is 4.68 Å². The maximum Gasteiger partial charge on any atom is 0.194 e. The minimum absolute atomic E-state index is 0. The first kappa shape index (κ1) is 20.5. The van der Waals surface area contributed by atoms with Gasteiger partial charge in [0.1, 0.15) is 0 Å². The average Bonchev–Trinajstić information content (AvgIpc) is 2.87. The molecule has 3 rings (SSSR count). The summed E-state index contributed by atoms with van der Waals surface area (Å²) in [4.78, 5) is 7.42. The predicted octanol–water partition coefficient (Wildman–Crippen LogP) is 3.94. The highest BCUT2D eigenvalue weighted by molar-refractivity contribution is 14.0. The lowest BCUT2D eigenvalue weighted by Gasteiger charge is -2.44. The van der Waals surface area contributed by atoms with Gasteiger partial charge in [0, 0.05) is 38.4 Å². The third-order valence-corrected chi connectivity index (χ3v) is 5.63. The fourth-order valence-electron chi connectivity index (χ4n) is 4.42. The highest BCUT2D eigenvalue weighted by Crippen LogP contribution is 2.42. The first-order chi connectivity index (χ1) is 11.7. The summed E-state index contributed by atoms with van der Waals surface area (Å²) in [6.07, 6.45) is 15.2. The standard InChI is InChI=1S/C19H33N5.HI/c1-3-20-18(21-13-17-14-22-23(2)15-17)24-12-8-11-19(16-24)9-6-4-5-7-10-19;/h14-15H,3-13,16H2,1-2H3,(H,20,21);1H. The number of hydrogen-bond acceptors (Lipinski definition) is 2. The first-order valence-electron chi connectivity index (χ1n) is 9.72. The Morgan fingerprint density at radius 3 is 2.56 bits per heavy atom. The average molecular weight is 459 g/mol. The summed E-state index contributed by atoms with van der Waals surface area (Å²) in [6, 6.07) is 0. The summed E-state index contributed by atoms with van der Waals surface area (Å²) in [7, 11) is 1.96. The zero-order valence-electron chi connectivity index (χ0n) is 15.8. The van der Waals surface area contributed by atoms with Crippen molar-refractivity contribution in [2.45, 2.75) is 64.8 Å². The zero-order valence-corrected chi connectivity index (χ0v) is 18.2. The molecule has 1 aliphatic carbocycles. The second kappa shape index (κ2) is 9.78. The maximum atomic E-state index is 4.90. The molecule has 1 aliphatic heterocycles. The summed E-state index contributed by atoms with van der Waals surface area (Å²) in [5.41, 5.74) is 1.72. The van der Waals surface area contributed by atoms with Crippen molar-refractivity contribution in [2.75, 3.05) is 19.6 Å². The monoisotopic (exact) mass is 459 g/mol. The van der Waals surface area contributed by atoms with E-state index in [2.05, 4.69) is 28.4 Å². The Bertz CT molecular complexity index is 546. The number of nitrogens with zero attached hydrogens (tertiary/aromatic N) is 4. The van der Waals surface area contributed by atoms with Crippen molar-refractivity contribution in [3.05, 3.63) is 18.0 Å². The molecule has 1 saturated heterocycles. The van der Waals surface area contributed by atoms with Crippen LogP contribution in [0.3, 0.4) is 0 Å². The second-order valence-corrected chi connectivity index (χ2v) is 7.63. The van der Waals surface area contributed by atoms with Crippen LogP contribution in [0.25, 0.3) is 0 Å². The van der Waals surface area contributed by atoms with Gasteiger partial charge in [0.25, 0.3) is 0 Å². The fourth-order valence-corrected chi connectivity index (χ4v) is 4.42. The Morgan fingerprint density at radius 1 is 1.20 bits per heavy atom. The maximum absolute atomic E-state index is 4.90. The van der Waals surface area contributed by atoms with E-state index in [0.717, 1.165) is 19.0 Å². The van der Waals surface area contributed by atoms with E-state index in [4.69, 9.17) is 4.99 Å². The first-order valence-corrected chi connectivity index (χ1v) is 9.72. The molecule has 0 radical (unpaired) electrons. The van der Waals surface area contributed by atoms with Crippen LogP contribution in [0.5, 0.6) is 0 Å². The quantitative estimate of drug-likeness (QED) is 0.423. The molecule has 0 unspecified atom stereocenters. The van der Waals surface area contributed by atoms with Gasteiger partial charge in [-0.1, -0.05) is 25.7 Å². The molecule has 1 aromatic heterocycles. The SMILES string of the molecule is CCNC(=NCc1cnn(C)c1)N1CCCC2(CCCCCC2)C1.I. The molecule has 5 nitrogen and oxygen atoms in total. The van der Waals surface area contributed by atoms with E-state index >= 15 is 0 Å². The van der Waals surface area contributed by atoms with Crippen LogP contribution >= 0.6 is 24.0 Å². The molecule has 6 heteroatoms. The van der Waals surface area contributed by atoms with E-state index in [1.165, 1.54) is 63.5 Å². The normalized spacial score (nSPS) is 20.9. The van der Waals surface area contributed by atoms with Crippen LogP contribution in [0.4, 0.5) is 0 Å². The van der Waals surface area contributed by atoms with Gasteiger partial charge in [0.15, 0.2) is 5.96 Å². The number of halogens is 1. The Morgan fingerprint density at radius 2 is 1.92 bits per heavy atom. The lowest BCUT2D eigenvalue weighted by Crippen LogP contribution is -2.50. The van der Waals surface area contributed by atoms with Crippen molar-refractivity contribution in [2.24, 2.45) is 17.5 Å². The topological polar surface area (TPSA) is 45.5 Å². The van der Waals surface area contributed by atoms with Crippen molar-refractivity contribution < 1.29 is 0 Å². The van der Waals surface area contributed by atoms with Gasteiger partial charge in [0.2, 0.25) is 0 Å². The third kappa shape index (κ3) is 5.59. The molecule has 0 amide bonds. The van der Waals surface area contributed by atoms with Gasteiger partial charge in [-0.2, -0.15) is 5.10 Å². The third-order valence-electron chi connectivity index (χ3n) is 5.63. The minimum Gasteiger partial charge on any atom is -0.357 e. The number of hydrogen-bond donors (Lipinski definition) is 1. The van der Waals surface area contributed by atoms with Gasteiger partial charge in [-0.15, -0.1) is 24.0 Å². The summed E-state index contributed by atoms with van der Waals surface area (Å²) < 4.78 is 1.85. The number of nitrogens with one attached hydrogen (secondary N) is 1. The molecule has 1 spiro atoms. The lowest BCUT2D eigenvalue weighted by atomic mass is 9.74. The molecular formula is C19H34IN5. The van der Waals surface area contributed by atoms with Gasteiger partial charge in [-0.25, -0.2) is 4.99 Å². The summed E-state index contributed by atoms with van der Waals surface area (Å²) in [6.45, 7) is 6.12. The molecule has 2 heterocycles. The van der Waals surface area contributed by atoms with Crippen molar-refractivity contribution in [3.63, 3.8) is 0 Å². The summed E-state index contributed by atoms with van der Waals surface area (Å²) >= 11 is 0. The van der Waals surface area contributed by atoms with Gasteiger partial charge < -0.3 is 10.2 Å². The molecule has 142 valence electrons. The lowest BCUT2D eigenvalue weighted by molar-refractivity contribution is 0.115. The molecule has 2 aliphatic rings. The van der Waals surface area contributed by atoms with Crippen LogP contribution in [0.1, 0.15) is 63.9 Å². The number of aromatic nitrogens is 2. The molecular weight excluding hydrogens is 425 g/mol. The van der Waals surface area contributed by atoms with Crippen molar-refractivity contribution >= 4 is 29.9 Å². The van der Waals surface area contributed by atoms with E-state index in [9.17, 15) is 0 Å². The molecule has 0 atom stereocenters. The Balaban J connectivity index is 0.00000225. The number of piperidine rings is 1. The van der Waals surface area contributed by atoms with Crippen LogP contribution in [0.2, 0.25) is 0 Å². The molecule has 25 heavy (non-hydrogen) atoms. The van der Waals surface area contributed by atoms with Crippen molar-refractivity contribution in [1.82, 2.24) is 20.0 Å². The fraction of sp³-hybridized carbons (Fsp3) is 0.789. The van der Waals surface area contributed by atoms with Crippen molar-refractivity contribution in [3.8, 4) is 0 Å². The smallest absolute Gasteiger partial charge is 0.194 e. The predicted molar refractivity (Wildman–Crippen MR) is 114 cm³/mol. The van der Waals surface area contributed by atoms with Crippen LogP contribution in [0, 0.1) is 5.41 Å². The van der Waals surface area contributed by atoms with E-state index < -0.39 is 0 Å². The van der Waals surface area contributed by atoms with Crippen LogP contribution in [-0.4, -0.2) is 40.3 Å². The molecule has 1 aromatic rings. The Hall–Kier alpha value is -0.790. The molecule has 1 N–H and O–H groups in total. The Kier molecular flexibility index (Phi) is 8.03. The van der Waals surface area contributed by atoms with Crippen LogP contribution < -0.4 is 5.32 Å². The zero-order chi connectivity index (χ0) is 16.8. The van der Waals surface area contributed by atoms with E-state index in [-0.39, 0.29) is 24.0 Å². The highest BCUT2D eigenvalue weighted by Gasteiger charge is 2.36. The molecule has 1 saturated carbocycles. The van der Waals surface area contributed by atoms with E-state index in [1.54, 1.807) is 0 Å². The van der Waals surface area contributed by atoms with Crippen molar-refractivity contribution in [1.29, 1.82) is 0 Å². The molecule has 0 aromatic carbocycles. The van der Waals surface area contributed by atoms with Gasteiger partial charge >= 0.3 is 0 Å². The van der Waals surface area contributed by atoms with Gasteiger partial charge in [0.05, 0.1) is 12.7 Å². The summed E-state index contributed by atoms with van der Waals surface area (Å²) in [5, 5.41) is 7.76. The van der Waals surface area contributed by atoms with Crippen LogP contribution in [0.15, 0.2) is 17.4 Å². The number of rotatable bonds is 3. The number of likely N-dealkylation sites (tertiary alicyclic amines) is 1. The van der Waals surface area contributed by atoms with E-state index in [0.29, 0.717) is 12.0 Å². The molecule has 2 fully saturated rings. The minimum atomic E-state index is 0. The number of aryl methyl sites for hydroxylation is 1. The van der Waals surface area contributed by atoms with E-state index in [1.807, 2.05) is 17.9 Å². The van der Waals surface area contributed by atoms with Crippen LogP contribution in [-0.2, 0) is 13.6 Å². The summed E-state index contributed by atoms with van der Waals surface area (Å²) in [5.74, 6) is 1.09. The number of guanidine groups is 1. The number of aliphatic imine (C=N–C) groups is 1. The molecule has 0 bridgehead atoms. The Labute approximate surface area is 169 Å².